The van der Waals surface area contributed by atoms with E-state index >= 15 is 0 Å². The van der Waals surface area contributed by atoms with Crippen LogP contribution >= 0.6 is 11.3 Å². The number of likely N-dealkylation sites (N-methyl/N-ethyl adjacent to an activating group) is 1. The second-order valence-corrected chi connectivity index (χ2v) is 8.38. The molecule has 0 atom stereocenters. The summed E-state index contributed by atoms with van der Waals surface area (Å²) < 4.78 is 11.6. The van der Waals surface area contributed by atoms with E-state index in [1.807, 2.05) is 6.07 Å². The number of rotatable bonds is 11. The fraction of sp³-hybridized carbons (Fsp3) is 0.333. The monoisotopic (exact) mass is 484 g/mol. The van der Waals surface area contributed by atoms with E-state index in [2.05, 4.69) is 23.7 Å². The van der Waals surface area contributed by atoms with E-state index in [1.165, 1.54) is 29.5 Å². The number of nitrogens with zero attached hydrogens (tertiary/aromatic N) is 4. The van der Waals surface area contributed by atoms with Crippen LogP contribution in [-0.2, 0) is 4.79 Å². The molecule has 0 radical (unpaired) electrons. The Hall–Kier alpha value is -3.50. The molecule has 0 fully saturated rings. The van der Waals surface area contributed by atoms with Crippen LogP contribution in [0.5, 0.6) is 11.5 Å². The number of carbonyl (C=O) groups excluding carboxylic acids is 1. The number of hydrogen-bond acceptors (Lipinski definition) is 8. The SMILES string of the molecule is CCN(CC)CCN(C(=O)/C=C/c1cccc([N+](=O)[O-])c1)c1nc2cc(OC)c(OC)cc2s1. The minimum atomic E-state index is -0.459. The first-order chi connectivity index (χ1) is 16.4. The van der Waals surface area contributed by atoms with Crippen LogP contribution in [0.15, 0.2) is 42.5 Å². The lowest BCUT2D eigenvalue weighted by atomic mass is 10.2. The summed E-state index contributed by atoms with van der Waals surface area (Å²) in [6.07, 6.45) is 3.01. The van der Waals surface area contributed by atoms with Crippen molar-refractivity contribution < 1.29 is 19.2 Å². The molecule has 0 unspecified atom stereocenters. The van der Waals surface area contributed by atoms with E-state index in [-0.39, 0.29) is 11.6 Å². The summed E-state index contributed by atoms with van der Waals surface area (Å²) in [5.74, 6) is 0.909. The smallest absolute Gasteiger partial charge is 0.270 e. The number of anilines is 1. The molecule has 10 heteroatoms. The molecule has 0 bridgehead atoms. The Bertz CT molecular complexity index is 1150. The quantitative estimate of drug-likeness (QED) is 0.223. The molecule has 1 heterocycles. The molecule has 0 saturated carbocycles. The third-order valence-corrected chi connectivity index (χ3v) is 6.45. The molecule has 9 nitrogen and oxygen atoms in total. The van der Waals surface area contributed by atoms with Gasteiger partial charge in [0.25, 0.3) is 11.6 Å². The summed E-state index contributed by atoms with van der Waals surface area (Å²) in [4.78, 5) is 32.4. The summed E-state index contributed by atoms with van der Waals surface area (Å²) in [7, 11) is 3.14. The molecule has 0 N–H and O–H groups in total. The summed E-state index contributed by atoms with van der Waals surface area (Å²) in [6.45, 7) is 7.04. The van der Waals surface area contributed by atoms with Crippen LogP contribution in [0.1, 0.15) is 19.4 Å². The number of thiazole rings is 1. The number of non-ortho nitro benzene ring substituents is 1. The van der Waals surface area contributed by atoms with Gasteiger partial charge in [0.1, 0.15) is 0 Å². The zero-order valence-corrected chi connectivity index (χ0v) is 20.5. The number of nitro benzene ring substituents is 1. The predicted molar refractivity (Wildman–Crippen MR) is 135 cm³/mol. The van der Waals surface area contributed by atoms with Crippen LogP contribution in [0.2, 0.25) is 0 Å². The number of hydrogen-bond donors (Lipinski definition) is 0. The molecule has 34 heavy (non-hydrogen) atoms. The second kappa shape index (κ2) is 11.6. The van der Waals surface area contributed by atoms with Gasteiger partial charge in [0, 0.05) is 43.4 Å². The maximum absolute atomic E-state index is 13.3. The Labute approximate surface area is 202 Å². The number of benzene rings is 2. The van der Waals surface area contributed by atoms with Crippen LogP contribution in [0.4, 0.5) is 10.8 Å². The molecule has 0 saturated heterocycles. The fourth-order valence-electron chi connectivity index (χ4n) is 3.44. The first kappa shape index (κ1) is 25.1. The molecule has 3 aromatic rings. The van der Waals surface area contributed by atoms with Crippen molar-refractivity contribution >= 4 is 44.4 Å². The summed E-state index contributed by atoms with van der Waals surface area (Å²) in [5, 5.41) is 11.6. The van der Waals surface area contributed by atoms with E-state index in [1.54, 1.807) is 43.4 Å². The van der Waals surface area contributed by atoms with Gasteiger partial charge < -0.3 is 14.4 Å². The van der Waals surface area contributed by atoms with Crippen LogP contribution in [-0.4, -0.2) is 61.1 Å². The minimum Gasteiger partial charge on any atom is -0.493 e. The van der Waals surface area contributed by atoms with Gasteiger partial charge in [-0.15, -0.1) is 0 Å². The fourth-order valence-corrected chi connectivity index (χ4v) is 4.45. The summed E-state index contributed by atoms with van der Waals surface area (Å²) in [5.41, 5.74) is 1.26. The van der Waals surface area contributed by atoms with E-state index in [9.17, 15) is 14.9 Å². The second-order valence-electron chi connectivity index (χ2n) is 7.37. The average Bonchev–Trinajstić information content (AvgIpc) is 3.26. The minimum absolute atomic E-state index is 0.0259. The van der Waals surface area contributed by atoms with E-state index < -0.39 is 4.92 Å². The van der Waals surface area contributed by atoms with Crippen molar-refractivity contribution in [1.29, 1.82) is 0 Å². The Kier molecular flexibility index (Phi) is 8.55. The van der Waals surface area contributed by atoms with Crippen LogP contribution in [0.3, 0.4) is 0 Å². The first-order valence-electron chi connectivity index (χ1n) is 10.9. The molecule has 2 aromatic carbocycles. The Balaban J connectivity index is 1.93. The number of fused-ring (bicyclic) bond motifs is 1. The topological polar surface area (TPSA) is 98.0 Å². The molecule has 1 amide bonds. The molecular weight excluding hydrogens is 456 g/mol. The van der Waals surface area contributed by atoms with Crippen molar-refractivity contribution in [3.63, 3.8) is 0 Å². The van der Waals surface area contributed by atoms with Gasteiger partial charge in [-0.25, -0.2) is 4.98 Å². The number of ether oxygens (including phenoxy) is 2. The van der Waals surface area contributed by atoms with Crippen molar-refractivity contribution in [1.82, 2.24) is 9.88 Å². The lowest BCUT2D eigenvalue weighted by Gasteiger charge is -2.23. The number of amides is 1. The highest BCUT2D eigenvalue weighted by Gasteiger charge is 2.20. The normalized spacial score (nSPS) is 11.3. The number of aromatic nitrogens is 1. The van der Waals surface area contributed by atoms with Crippen molar-refractivity contribution in [3.8, 4) is 11.5 Å². The summed E-state index contributed by atoms with van der Waals surface area (Å²) in [6, 6.07) is 9.79. The lowest BCUT2D eigenvalue weighted by molar-refractivity contribution is -0.384. The van der Waals surface area contributed by atoms with Gasteiger partial charge in [-0.2, -0.15) is 0 Å². The Morgan fingerprint density at radius 1 is 1.12 bits per heavy atom. The van der Waals surface area contributed by atoms with Gasteiger partial charge in [-0.3, -0.25) is 19.8 Å². The molecule has 3 rings (SSSR count). The Morgan fingerprint density at radius 3 is 2.47 bits per heavy atom. The molecule has 0 spiro atoms. The van der Waals surface area contributed by atoms with Gasteiger partial charge in [-0.05, 0) is 24.7 Å². The van der Waals surface area contributed by atoms with E-state index in [4.69, 9.17) is 9.47 Å². The van der Waals surface area contributed by atoms with Gasteiger partial charge in [0.15, 0.2) is 16.6 Å². The van der Waals surface area contributed by atoms with Gasteiger partial charge in [-0.1, -0.05) is 37.3 Å². The molecular formula is C24H28N4O5S. The van der Waals surface area contributed by atoms with Crippen molar-refractivity contribution in [2.75, 3.05) is 45.3 Å². The van der Waals surface area contributed by atoms with Crippen molar-refractivity contribution in [2.24, 2.45) is 0 Å². The average molecular weight is 485 g/mol. The standard InChI is InChI=1S/C24H28N4O5S/c1-5-26(6-2)12-13-27(23(29)11-10-17-8-7-9-18(14-17)28(30)31)24-25-19-15-20(32-3)21(33-4)16-22(19)34-24/h7-11,14-16H,5-6,12-13H2,1-4H3/b11-10+. The van der Waals surface area contributed by atoms with Crippen molar-refractivity contribution in [3.05, 3.63) is 58.2 Å². The number of nitro groups is 1. The zero-order valence-electron chi connectivity index (χ0n) is 19.7. The first-order valence-corrected chi connectivity index (χ1v) is 11.7. The molecule has 0 aliphatic rings. The number of methoxy groups -OCH3 is 2. The van der Waals surface area contributed by atoms with Gasteiger partial charge in [0.05, 0.1) is 29.4 Å². The largest absolute Gasteiger partial charge is 0.493 e. The molecule has 1 aromatic heterocycles. The lowest BCUT2D eigenvalue weighted by Crippen LogP contribution is -2.38. The predicted octanol–water partition coefficient (Wildman–Crippen LogP) is 4.61. The third kappa shape index (κ3) is 5.89. The highest BCUT2D eigenvalue weighted by atomic mass is 32.1. The van der Waals surface area contributed by atoms with Crippen molar-refractivity contribution in [2.45, 2.75) is 13.8 Å². The van der Waals surface area contributed by atoms with Crippen LogP contribution in [0.25, 0.3) is 16.3 Å². The van der Waals surface area contributed by atoms with Crippen LogP contribution < -0.4 is 14.4 Å². The molecule has 0 aliphatic heterocycles. The number of carbonyl (C=O) groups is 1. The maximum atomic E-state index is 13.3. The van der Waals surface area contributed by atoms with E-state index in [0.29, 0.717) is 40.8 Å². The van der Waals surface area contributed by atoms with Gasteiger partial charge >= 0.3 is 0 Å². The highest BCUT2D eigenvalue weighted by Crippen LogP contribution is 2.37. The molecule has 0 aliphatic carbocycles. The Morgan fingerprint density at radius 2 is 1.82 bits per heavy atom. The van der Waals surface area contributed by atoms with Gasteiger partial charge in [0.2, 0.25) is 0 Å². The maximum Gasteiger partial charge on any atom is 0.270 e. The third-order valence-electron chi connectivity index (χ3n) is 5.41. The highest BCUT2D eigenvalue weighted by molar-refractivity contribution is 7.22. The molecule has 180 valence electrons. The zero-order chi connectivity index (χ0) is 24.7. The summed E-state index contributed by atoms with van der Waals surface area (Å²) >= 11 is 1.39. The van der Waals surface area contributed by atoms with E-state index in [0.717, 1.165) is 17.8 Å². The van der Waals surface area contributed by atoms with Crippen LogP contribution in [0, 0.1) is 10.1 Å².